The molecule has 0 aliphatic carbocycles. The second-order valence-corrected chi connectivity index (χ2v) is 10.3. The predicted octanol–water partition coefficient (Wildman–Crippen LogP) is 5.04. The number of benzene rings is 3. The van der Waals surface area contributed by atoms with Crippen molar-refractivity contribution in [3.63, 3.8) is 0 Å². The van der Waals surface area contributed by atoms with Gasteiger partial charge in [0.1, 0.15) is 10.7 Å². The van der Waals surface area contributed by atoms with Crippen LogP contribution in [0.3, 0.4) is 0 Å². The summed E-state index contributed by atoms with van der Waals surface area (Å²) in [6.45, 7) is 1.53. The van der Waals surface area contributed by atoms with E-state index in [1.165, 1.54) is 55.5 Å². The van der Waals surface area contributed by atoms with Crippen molar-refractivity contribution in [2.75, 3.05) is 9.44 Å². The predicted molar refractivity (Wildman–Crippen MR) is 116 cm³/mol. The molecule has 0 bridgehead atoms. The molecule has 6 nitrogen and oxygen atoms in total. The first-order valence-electron chi connectivity index (χ1n) is 8.36. The summed E-state index contributed by atoms with van der Waals surface area (Å²) in [5.74, 6) is -0.746. The van der Waals surface area contributed by atoms with Crippen molar-refractivity contribution in [2.45, 2.75) is 16.7 Å². The van der Waals surface area contributed by atoms with E-state index in [-0.39, 0.29) is 31.2 Å². The summed E-state index contributed by atoms with van der Waals surface area (Å²) >= 11 is 11.9. The summed E-state index contributed by atoms with van der Waals surface area (Å²) in [6, 6.07) is 13.4. The molecule has 0 saturated heterocycles. The Balaban J connectivity index is 1.99. The smallest absolute Gasteiger partial charge is 0.264 e. The third-order valence-electron chi connectivity index (χ3n) is 4.04. The fraction of sp³-hybridized carbons (Fsp3) is 0.0526. The molecule has 30 heavy (non-hydrogen) atoms. The molecular formula is C19H15Cl2FN2O4S2. The van der Waals surface area contributed by atoms with Crippen LogP contribution < -0.4 is 9.44 Å². The van der Waals surface area contributed by atoms with Crippen molar-refractivity contribution in [1.29, 1.82) is 0 Å². The van der Waals surface area contributed by atoms with Crippen molar-refractivity contribution in [3.05, 3.63) is 82.1 Å². The summed E-state index contributed by atoms with van der Waals surface area (Å²) in [4.78, 5) is -0.556. The first-order chi connectivity index (χ1) is 14.0. The third-order valence-corrected chi connectivity index (χ3v) is 7.88. The molecule has 3 aromatic rings. The molecule has 0 saturated carbocycles. The van der Waals surface area contributed by atoms with Crippen LogP contribution in [0.4, 0.5) is 15.8 Å². The van der Waals surface area contributed by atoms with Crippen LogP contribution in [0.2, 0.25) is 10.0 Å². The zero-order valence-electron chi connectivity index (χ0n) is 15.4. The summed E-state index contributed by atoms with van der Waals surface area (Å²) < 4.78 is 69.3. The monoisotopic (exact) mass is 488 g/mol. The number of hydrogen-bond donors (Lipinski definition) is 2. The Hall–Kier alpha value is -2.33. The molecule has 2 N–H and O–H groups in total. The van der Waals surface area contributed by atoms with Crippen molar-refractivity contribution in [1.82, 2.24) is 0 Å². The normalized spacial score (nSPS) is 11.9. The van der Waals surface area contributed by atoms with Crippen molar-refractivity contribution in [3.8, 4) is 0 Å². The van der Waals surface area contributed by atoms with Gasteiger partial charge in [0.15, 0.2) is 0 Å². The lowest BCUT2D eigenvalue weighted by molar-refractivity contribution is 0.597. The molecule has 3 rings (SSSR count). The van der Waals surface area contributed by atoms with Gasteiger partial charge in [-0.25, -0.2) is 21.2 Å². The molecule has 0 radical (unpaired) electrons. The van der Waals surface area contributed by atoms with Crippen LogP contribution in [-0.2, 0) is 20.0 Å². The van der Waals surface area contributed by atoms with E-state index in [9.17, 15) is 21.2 Å². The van der Waals surface area contributed by atoms with Crippen molar-refractivity contribution in [2.24, 2.45) is 0 Å². The Morgan fingerprint density at radius 1 is 0.800 bits per heavy atom. The molecule has 11 heteroatoms. The highest BCUT2D eigenvalue weighted by atomic mass is 35.5. The van der Waals surface area contributed by atoms with Gasteiger partial charge in [0, 0.05) is 0 Å². The maximum atomic E-state index is 13.9. The van der Waals surface area contributed by atoms with Crippen LogP contribution in [0, 0.1) is 12.7 Å². The number of halogens is 3. The first-order valence-corrected chi connectivity index (χ1v) is 12.1. The van der Waals surface area contributed by atoms with Gasteiger partial charge in [-0.05, 0) is 48.9 Å². The van der Waals surface area contributed by atoms with Gasteiger partial charge >= 0.3 is 0 Å². The average Bonchev–Trinajstić information content (AvgIpc) is 2.64. The number of anilines is 2. The lowest BCUT2D eigenvalue weighted by atomic mass is 10.2. The molecular weight excluding hydrogens is 474 g/mol. The molecule has 0 aromatic heterocycles. The van der Waals surface area contributed by atoms with Crippen LogP contribution in [0.5, 0.6) is 0 Å². The lowest BCUT2D eigenvalue weighted by Gasteiger charge is -2.14. The zero-order valence-corrected chi connectivity index (χ0v) is 18.5. The third kappa shape index (κ3) is 4.70. The molecule has 3 aromatic carbocycles. The molecule has 0 aliphatic rings. The van der Waals surface area contributed by atoms with E-state index < -0.39 is 25.9 Å². The molecule has 0 unspecified atom stereocenters. The van der Waals surface area contributed by atoms with Gasteiger partial charge in [-0.15, -0.1) is 0 Å². The Morgan fingerprint density at radius 2 is 1.43 bits per heavy atom. The molecule has 158 valence electrons. The second kappa shape index (κ2) is 8.43. The van der Waals surface area contributed by atoms with E-state index in [1.54, 1.807) is 0 Å². The van der Waals surface area contributed by atoms with Gasteiger partial charge in [-0.2, -0.15) is 0 Å². The number of aryl methyl sites for hydroxylation is 1. The fourth-order valence-corrected chi connectivity index (χ4v) is 6.18. The molecule has 0 fully saturated rings. The highest BCUT2D eigenvalue weighted by molar-refractivity contribution is 7.93. The minimum atomic E-state index is -4.20. The van der Waals surface area contributed by atoms with Crippen LogP contribution in [0.1, 0.15) is 5.56 Å². The van der Waals surface area contributed by atoms with Gasteiger partial charge in [-0.1, -0.05) is 47.5 Å². The van der Waals surface area contributed by atoms with Crippen molar-refractivity contribution < 1.29 is 21.2 Å². The summed E-state index contributed by atoms with van der Waals surface area (Å²) in [5.41, 5.74) is 0.0637. The van der Waals surface area contributed by atoms with Crippen LogP contribution in [0.25, 0.3) is 0 Å². The van der Waals surface area contributed by atoms with Gasteiger partial charge < -0.3 is 0 Å². The quantitative estimate of drug-likeness (QED) is 0.508. The van der Waals surface area contributed by atoms with Gasteiger partial charge in [-0.3, -0.25) is 9.44 Å². The fourth-order valence-electron chi connectivity index (χ4n) is 2.64. The SMILES string of the molecule is Cc1ccc(NS(=O)(=O)c2c(Cl)cccc2Cl)cc1S(=O)(=O)Nc1ccccc1F. The highest BCUT2D eigenvalue weighted by Gasteiger charge is 2.24. The topological polar surface area (TPSA) is 92.3 Å². The number of hydrogen-bond acceptors (Lipinski definition) is 4. The largest absolute Gasteiger partial charge is 0.279 e. The molecule has 0 amide bonds. The molecule has 0 spiro atoms. The standard InChI is InChI=1S/C19H15Cl2FN2O4S2/c1-12-9-10-13(23-30(27,28)19-14(20)5-4-6-15(19)21)11-18(12)29(25,26)24-17-8-3-2-7-16(17)22/h2-11,23-24H,1H3. The second-order valence-electron chi connectivity index (χ2n) is 6.22. The Bertz CT molecular complexity index is 1310. The highest BCUT2D eigenvalue weighted by Crippen LogP contribution is 2.31. The maximum Gasteiger partial charge on any atom is 0.264 e. The lowest BCUT2D eigenvalue weighted by Crippen LogP contribution is -2.17. The Kier molecular flexibility index (Phi) is 6.28. The molecule has 0 aliphatic heterocycles. The van der Waals surface area contributed by atoms with Crippen LogP contribution in [0.15, 0.2) is 70.5 Å². The average molecular weight is 489 g/mol. The summed E-state index contributed by atoms with van der Waals surface area (Å²) in [7, 11) is -8.41. The Morgan fingerprint density at radius 3 is 2.07 bits per heavy atom. The van der Waals surface area contributed by atoms with E-state index in [1.807, 2.05) is 0 Å². The van der Waals surface area contributed by atoms with E-state index in [0.717, 1.165) is 12.1 Å². The number of para-hydroxylation sites is 1. The Labute approximate surface area is 183 Å². The minimum Gasteiger partial charge on any atom is -0.279 e. The van der Waals surface area contributed by atoms with E-state index in [0.29, 0.717) is 5.56 Å². The first kappa shape index (κ1) is 22.4. The van der Waals surface area contributed by atoms with Crippen LogP contribution in [-0.4, -0.2) is 16.8 Å². The number of sulfonamides is 2. The number of nitrogens with one attached hydrogen (secondary N) is 2. The van der Waals surface area contributed by atoms with E-state index in [4.69, 9.17) is 23.2 Å². The number of rotatable bonds is 6. The summed E-state index contributed by atoms with van der Waals surface area (Å²) in [5, 5.41) is -0.174. The van der Waals surface area contributed by atoms with E-state index >= 15 is 0 Å². The summed E-state index contributed by atoms with van der Waals surface area (Å²) in [6.07, 6.45) is 0. The van der Waals surface area contributed by atoms with E-state index in [2.05, 4.69) is 9.44 Å². The minimum absolute atomic E-state index is 0.0366. The zero-order chi connectivity index (χ0) is 22.1. The van der Waals surface area contributed by atoms with Gasteiger partial charge in [0.25, 0.3) is 20.0 Å². The van der Waals surface area contributed by atoms with Gasteiger partial charge in [0.05, 0.1) is 26.3 Å². The molecule has 0 heterocycles. The maximum absolute atomic E-state index is 13.9. The van der Waals surface area contributed by atoms with Gasteiger partial charge in [0.2, 0.25) is 0 Å². The van der Waals surface area contributed by atoms with Crippen LogP contribution >= 0.6 is 23.2 Å². The van der Waals surface area contributed by atoms with Crippen molar-refractivity contribution >= 4 is 54.6 Å². The molecule has 0 atom stereocenters.